The maximum absolute atomic E-state index is 3.75. The van der Waals surface area contributed by atoms with Gasteiger partial charge in [-0.05, 0) is 60.2 Å². The SMILES string of the molecule is c1ccc(Nc2cc3c(cc2-c2ccc4c(c2)sc2ccccc24)c2ccccc2n3-c2ccccc2)cc1. The van der Waals surface area contributed by atoms with E-state index in [0.29, 0.717) is 0 Å². The molecule has 184 valence electrons. The molecule has 0 unspecified atom stereocenters. The van der Waals surface area contributed by atoms with Crippen LogP contribution in [0.25, 0.3) is 58.8 Å². The molecular weight excluding hydrogens is 492 g/mol. The highest BCUT2D eigenvalue weighted by Gasteiger charge is 2.17. The normalized spacial score (nSPS) is 11.6. The number of nitrogens with one attached hydrogen (secondary N) is 1. The van der Waals surface area contributed by atoms with Crippen LogP contribution in [0.15, 0.2) is 140 Å². The van der Waals surface area contributed by atoms with Crippen molar-refractivity contribution in [3.8, 4) is 16.8 Å². The number of hydrogen-bond acceptors (Lipinski definition) is 2. The van der Waals surface area contributed by atoms with Gasteiger partial charge in [-0.2, -0.15) is 0 Å². The van der Waals surface area contributed by atoms with E-state index in [1.807, 2.05) is 11.3 Å². The van der Waals surface area contributed by atoms with E-state index in [1.54, 1.807) is 0 Å². The Morgan fingerprint density at radius 1 is 0.487 bits per heavy atom. The first-order valence-electron chi connectivity index (χ1n) is 13.2. The summed E-state index contributed by atoms with van der Waals surface area (Å²) in [5, 5.41) is 8.90. The average Bonchev–Trinajstić information content (AvgIpc) is 3.52. The van der Waals surface area contributed by atoms with Gasteiger partial charge >= 0.3 is 0 Å². The van der Waals surface area contributed by atoms with Gasteiger partial charge in [0.1, 0.15) is 0 Å². The molecule has 3 heteroatoms. The fourth-order valence-electron chi connectivity index (χ4n) is 5.78. The summed E-state index contributed by atoms with van der Waals surface area (Å²) in [7, 11) is 0. The van der Waals surface area contributed by atoms with Gasteiger partial charge in [0.05, 0.1) is 11.0 Å². The zero-order valence-corrected chi connectivity index (χ0v) is 22.0. The summed E-state index contributed by atoms with van der Waals surface area (Å²) in [4.78, 5) is 0. The average molecular weight is 517 g/mol. The molecule has 8 rings (SSSR count). The highest BCUT2D eigenvalue weighted by molar-refractivity contribution is 7.25. The summed E-state index contributed by atoms with van der Waals surface area (Å²) in [5.41, 5.74) is 8.13. The van der Waals surface area contributed by atoms with Crippen molar-refractivity contribution >= 4 is 64.7 Å². The third kappa shape index (κ3) is 3.63. The van der Waals surface area contributed by atoms with Gasteiger partial charge in [-0.15, -0.1) is 11.3 Å². The van der Waals surface area contributed by atoms with E-state index in [9.17, 15) is 0 Å². The highest BCUT2D eigenvalue weighted by Crippen LogP contribution is 2.42. The summed E-state index contributed by atoms with van der Waals surface area (Å²) < 4.78 is 5.01. The Bertz CT molecular complexity index is 2140. The lowest BCUT2D eigenvalue weighted by molar-refractivity contribution is 1.18. The van der Waals surface area contributed by atoms with Crippen molar-refractivity contribution < 1.29 is 0 Å². The third-order valence-electron chi connectivity index (χ3n) is 7.57. The maximum atomic E-state index is 3.75. The first-order chi connectivity index (χ1) is 19.3. The summed E-state index contributed by atoms with van der Waals surface area (Å²) in [6.45, 7) is 0. The molecule has 8 aromatic rings. The monoisotopic (exact) mass is 516 g/mol. The Kier molecular flexibility index (Phi) is 5.04. The Labute approximate surface area is 230 Å². The van der Waals surface area contributed by atoms with E-state index < -0.39 is 0 Å². The zero-order valence-electron chi connectivity index (χ0n) is 21.1. The third-order valence-corrected chi connectivity index (χ3v) is 8.70. The van der Waals surface area contributed by atoms with Gasteiger partial charge in [0.2, 0.25) is 0 Å². The van der Waals surface area contributed by atoms with E-state index in [-0.39, 0.29) is 0 Å². The lowest BCUT2D eigenvalue weighted by Gasteiger charge is -2.15. The highest BCUT2D eigenvalue weighted by atomic mass is 32.1. The molecule has 0 aliphatic rings. The van der Waals surface area contributed by atoms with Gasteiger partial charge in [0, 0.05) is 53.6 Å². The van der Waals surface area contributed by atoms with E-state index in [4.69, 9.17) is 0 Å². The lowest BCUT2D eigenvalue weighted by atomic mass is 9.99. The van der Waals surface area contributed by atoms with Crippen LogP contribution in [-0.4, -0.2) is 4.57 Å². The molecule has 0 saturated carbocycles. The fraction of sp³-hybridized carbons (Fsp3) is 0. The van der Waals surface area contributed by atoms with Crippen LogP contribution in [0, 0.1) is 0 Å². The quantitative estimate of drug-likeness (QED) is 0.246. The van der Waals surface area contributed by atoms with Crippen LogP contribution >= 0.6 is 11.3 Å². The van der Waals surface area contributed by atoms with Crippen LogP contribution in [0.1, 0.15) is 0 Å². The molecule has 0 amide bonds. The first kappa shape index (κ1) is 22.2. The van der Waals surface area contributed by atoms with Crippen LogP contribution < -0.4 is 5.32 Å². The van der Waals surface area contributed by atoms with Crippen LogP contribution in [0.2, 0.25) is 0 Å². The maximum Gasteiger partial charge on any atom is 0.0562 e. The smallest absolute Gasteiger partial charge is 0.0562 e. The largest absolute Gasteiger partial charge is 0.355 e. The topological polar surface area (TPSA) is 17.0 Å². The number of para-hydroxylation sites is 3. The van der Waals surface area contributed by atoms with Gasteiger partial charge in [-0.3, -0.25) is 0 Å². The number of fused-ring (bicyclic) bond motifs is 6. The van der Waals surface area contributed by atoms with Crippen molar-refractivity contribution in [3.63, 3.8) is 0 Å². The zero-order chi connectivity index (χ0) is 25.8. The fourth-order valence-corrected chi connectivity index (χ4v) is 6.93. The number of benzene rings is 6. The molecule has 2 nitrogen and oxygen atoms in total. The molecule has 0 spiro atoms. The molecule has 0 aliphatic heterocycles. The van der Waals surface area contributed by atoms with E-state index in [1.165, 1.54) is 53.1 Å². The molecular formula is C36H24N2S. The first-order valence-corrected chi connectivity index (χ1v) is 14.0. The molecule has 0 radical (unpaired) electrons. The van der Waals surface area contributed by atoms with E-state index in [2.05, 4.69) is 149 Å². The second-order valence-electron chi connectivity index (χ2n) is 9.90. The summed E-state index contributed by atoms with van der Waals surface area (Å²) in [6.07, 6.45) is 0. The van der Waals surface area contributed by atoms with Gasteiger partial charge < -0.3 is 9.88 Å². The van der Waals surface area contributed by atoms with Crippen LogP contribution in [-0.2, 0) is 0 Å². The van der Waals surface area contributed by atoms with Crippen molar-refractivity contribution in [1.29, 1.82) is 0 Å². The molecule has 0 bridgehead atoms. The van der Waals surface area contributed by atoms with Crippen molar-refractivity contribution in [2.45, 2.75) is 0 Å². The van der Waals surface area contributed by atoms with Gasteiger partial charge in [0.25, 0.3) is 0 Å². The molecule has 6 aromatic carbocycles. The molecule has 2 heterocycles. The summed E-state index contributed by atoms with van der Waals surface area (Å²) >= 11 is 1.86. The predicted molar refractivity (Wildman–Crippen MR) is 169 cm³/mol. The number of hydrogen-bond donors (Lipinski definition) is 1. The number of rotatable bonds is 4. The second kappa shape index (κ2) is 8.87. The minimum Gasteiger partial charge on any atom is -0.355 e. The van der Waals surface area contributed by atoms with Crippen molar-refractivity contribution in [2.24, 2.45) is 0 Å². The van der Waals surface area contributed by atoms with E-state index >= 15 is 0 Å². The Hall–Kier alpha value is -4.86. The Morgan fingerprint density at radius 2 is 1.18 bits per heavy atom. The standard InChI is InChI=1S/C36H24N2S/c1-3-11-25(12-4-1)37-32-23-34-31(27-15-7-9-17-33(27)38(34)26-13-5-2-6-14-26)22-30(32)24-19-20-29-28-16-8-10-18-35(28)39-36(29)21-24/h1-23,37H. The number of thiophene rings is 1. The van der Waals surface area contributed by atoms with Gasteiger partial charge in [-0.1, -0.05) is 84.9 Å². The van der Waals surface area contributed by atoms with Gasteiger partial charge in [-0.25, -0.2) is 0 Å². The minimum atomic E-state index is 1.07. The summed E-state index contributed by atoms with van der Waals surface area (Å²) in [6, 6.07) is 50.1. The van der Waals surface area contributed by atoms with Crippen molar-refractivity contribution in [2.75, 3.05) is 5.32 Å². The predicted octanol–water partition coefficient (Wildman–Crippen LogP) is 10.6. The van der Waals surface area contributed by atoms with Gasteiger partial charge in [0.15, 0.2) is 0 Å². The number of anilines is 2. The van der Waals surface area contributed by atoms with Crippen molar-refractivity contribution in [3.05, 3.63) is 140 Å². The minimum absolute atomic E-state index is 1.07. The second-order valence-corrected chi connectivity index (χ2v) is 11.0. The van der Waals surface area contributed by atoms with Crippen LogP contribution in [0.4, 0.5) is 11.4 Å². The molecule has 0 saturated heterocycles. The molecule has 0 aliphatic carbocycles. The molecule has 2 aromatic heterocycles. The van der Waals surface area contributed by atoms with Crippen LogP contribution in [0.3, 0.4) is 0 Å². The molecule has 0 atom stereocenters. The van der Waals surface area contributed by atoms with Crippen molar-refractivity contribution in [1.82, 2.24) is 4.57 Å². The Balaban J connectivity index is 1.42. The summed E-state index contributed by atoms with van der Waals surface area (Å²) in [5.74, 6) is 0. The number of nitrogens with zero attached hydrogens (tertiary/aromatic N) is 1. The molecule has 39 heavy (non-hydrogen) atoms. The van der Waals surface area contributed by atoms with Crippen LogP contribution in [0.5, 0.6) is 0 Å². The van der Waals surface area contributed by atoms with E-state index in [0.717, 1.165) is 17.1 Å². The Morgan fingerprint density at radius 3 is 2.03 bits per heavy atom. The lowest BCUT2D eigenvalue weighted by Crippen LogP contribution is -1.97. The number of aromatic nitrogens is 1. The molecule has 0 fully saturated rings. The molecule has 1 N–H and O–H groups in total.